The van der Waals surface area contributed by atoms with Crippen molar-refractivity contribution in [3.05, 3.63) is 51.2 Å². The minimum Gasteiger partial charge on any atom is -0.491 e. The fourth-order valence-corrected chi connectivity index (χ4v) is 3.70. The van der Waals surface area contributed by atoms with E-state index in [1.807, 2.05) is 0 Å². The van der Waals surface area contributed by atoms with Crippen molar-refractivity contribution in [2.24, 2.45) is 5.92 Å². The summed E-state index contributed by atoms with van der Waals surface area (Å²) in [6, 6.07) is 2.61. The number of alkyl halides is 3. The maximum atomic E-state index is 14.9. The SMILES string of the molecule is COC(C)CC(C=O)n1cc2c(cc1=O)-c1c(ccc(Cl)c1F)CC(C(F)(F)F)CO2. The number of rotatable bonds is 5. The molecule has 31 heavy (non-hydrogen) atoms. The number of aldehydes is 1. The van der Waals surface area contributed by atoms with Gasteiger partial charge in [0.25, 0.3) is 5.56 Å². The van der Waals surface area contributed by atoms with Crippen LogP contribution in [0.4, 0.5) is 17.6 Å². The van der Waals surface area contributed by atoms with Gasteiger partial charge in [-0.25, -0.2) is 4.39 Å². The Morgan fingerprint density at radius 3 is 2.71 bits per heavy atom. The molecule has 0 N–H and O–H groups in total. The van der Waals surface area contributed by atoms with Crippen molar-refractivity contribution in [1.29, 1.82) is 0 Å². The predicted octanol–water partition coefficient (Wildman–Crippen LogP) is 4.59. The number of halogens is 5. The zero-order chi connectivity index (χ0) is 22.9. The minimum atomic E-state index is -4.58. The third kappa shape index (κ3) is 4.77. The van der Waals surface area contributed by atoms with E-state index < -0.39 is 42.5 Å². The highest BCUT2D eigenvalue weighted by atomic mass is 35.5. The molecular weight excluding hydrogens is 442 g/mol. The Labute approximate surface area is 180 Å². The van der Waals surface area contributed by atoms with Crippen LogP contribution in [0.15, 0.2) is 29.2 Å². The zero-order valence-corrected chi connectivity index (χ0v) is 17.5. The number of nitrogens with zero attached hydrogens (tertiary/aromatic N) is 1. The van der Waals surface area contributed by atoms with Crippen molar-refractivity contribution in [1.82, 2.24) is 4.57 Å². The van der Waals surface area contributed by atoms with Crippen LogP contribution < -0.4 is 10.3 Å². The first-order chi connectivity index (χ1) is 14.6. The Morgan fingerprint density at radius 1 is 1.39 bits per heavy atom. The topological polar surface area (TPSA) is 57.5 Å². The second-order valence-electron chi connectivity index (χ2n) is 7.43. The smallest absolute Gasteiger partial charge is 0.395 e. The first-order valence-corrected chi connectivity index (χ1v) is 9.85. The largest absolute Gasteiger partial charge is 0.491 e. The molecule has 3 atom stereocenters. The van der Waals surface area contributed by atoms with E-state index >= 15 is 0 Å². The number of pyridine rings is 1. The van der Waals surface area contributed by atoms with E-state index in [4.69, 9.17) is 21.1 Å². The van der Waals surface area contributed by atoms with Gasteiger partial charge in [0, 0.05) is 30.7 Å². The molecule has 0 spiro atoms. The summed E-state index contributed by atoms with van der Waals surface area (Å²) < 4.78 is 67.0. The maximum Gasteiger partial charge on any atom is 0.395 e. The lowest BCUT2D eigenvalue weighted by atomic mass is 9.90. The fourth-order valence-electron chi connectivity index (χ4n) is 3.55. The second-order valence-corrected chi connectivity index (χ2v) is 7.84. The Hall–Kier alpha value is -2.39. The summed E-state index contributed by atoms with van der Waals surface area (Å²) in [4.78, 5) is 24.4. The van der Waals surface area contributed by atoms with Crippen LogP contribution >= 0.6 is 11.6 Å². The normalized spacial score (nSPS) is 18.1. The minimum absolute atomic E-state index is 0.0127. The van der Waals surface area contributed by atoms with Gasteiger partial charge in [-0.15, -0.1) is 0 Å². The molecule has 0 saturated heterocycles. The molecule has 1 aromatic carbocycles. The first-order valence-electron chi connectivity index (χ1n) is 9.47. The third-order valence-electron chi connectivity index (χ3n) is 5.35. The van der Waals surface area contributed by atoms with Gasteiger partial charge < -0.3 is 18.8 Å². The van der Waals surface area contributed by atoms with E-state index in [0.29, 0.717) is 6.29 Å². The van der Waals surface area contributed by atoms with Gasteiger partial charge in [-0.1, -0.05) is 17.7 Å². The number of benzene rings is 1. The van der Waals surface area contributed by atoms with E-state index in [1.165, 1.54) is 19.2 Å². The highest BCUT2D eigenvalue weighted by molar-refractivity contribution is 6.31. The van der Waals surface area contributed by atoms with E-state index in [9.17, 15) is 27.2 Å². The monoisotopic (exact) mass is 461 g/mol. The number of aromatic nitrogens is 1. The van der Waals surface area contributed by atoms with Gasteiger partial charge in [0.15, 0.2) is 0 Å². The lowest BCUT2D eigenvalue weighted by Gasteiger charge is -2.27. The molecule has 1 aliphatic heterocycles. The van der Waals surface area contributed by atoms with Gasteiger partial charge in [-0.2, -0.15) is 13.2 Å². The molecule has 168 valence electrons. The van der Waals surface area contributed by atoms with Crippen LogP contribution in [0, 0.1) is 11.7 Å². The van der Waals surface area contributed by atoms with Gasteiger partial charge in [-0.05, 0) is 25.0 Å². The van der Waals surface area contributed by atoms with Gasteiger partial charge in [-0.3, -0.25) is 4.79 Å². The number of carbonyl (C=O) groups excluding carboxylic acids is 1. The number of ether oxygens (including phenoxy) is 2. The van der Waals surface area contributed by atoms with E-state index in [2.05, 4.69) is 0 Å². The summed E-state index contributed by atoms with van der Waals surface area (Å²) in [5.74, 6) is -2.98. The Bertz CT molecular complexity index is 1040. The van der Waals surface area contributed by atoms with Crippen LogP contribution in [0.5, 0.6) is 5.75 Å². The van der Waals surface area contributed by atoms with Crippen LogP contribution in [-0.2, 0) is 16.0 Å². The Balaban J connectivity index is 2.20. The average Bonchev–Trinajstić information content (AvgIpc) is 2.70. The number of hydrogen-bond acceptors (Lipinski definition) is 4. The number of methoxy groups -OCH3 is 1. The molecule has 0 amide bonds. The molecule has 0 radical (unpaired) electrons. The molecular formula is C21H20ClF4NO4. The number of carbonyl (C=O) groups is 1. The molecule has 1 aliphatic rings. The summed E-state index contributed by atoms with van der Waals surface area (Å²) in [5, 5.41) is -0.294. The summed E-state index contributed by atoms with van der Waals surface area (Å²) >= 11 is 5.87. The average molecular weight is 462 g/mol. The first kappa shape index (κ1) is 23.3. The summed E-state index contributed by atoms with van der Waals surface area (Å²) in [6.07, 6.45) is -3.65. The predicted molar refractivity (Wildman–Crippen MR) is 106 cm³/mol. The van der Waals surface area contributed by atoms with Crippen LogP contribution in [0.2, 0.25) is 5.02 Å². The molecule has 0 aliphatic carbocycles. The molecule has 0 saturated carbocycles. The molecule has 1 aromatic heterocycles. The summed E-state index contributed by atoms with van der Waals surface area (Å²) in [5.41, 5.74) is -0.804. The quantitative estimate of drug-likeness (QED) is 0.483. The van der Waals surface area contributed by atoms with Crippen LogP contribution in [0.25, 0.3) is 11.1 Å². The van der Waals surface area contributed by atoms with Crippen molar-refractivity contribution in [2.75, 3.05) is 13.7 Å². The zero-order valence-electron chi connectivity index (χ0n) is 16.7. The Morgan fingerprint density at radius 2 is 2.10 bits per heavy atom. The van der Waals surface area contributed by atoms with Crippen molar-refractivity contribution >= 4 is 17.9 Å². The lowest BCUT2D eigenvalue weighted by molar-refractivity contribution is -0.181. The van der Waals surface area contributed by atoms with Crippen LogP contribution in [-0.4, -0.2) is 36.9 Å². The molecule has 10 heteroatoms. The van der Waals surface area contributed by atoms with E-state index in [-0.39, 0.29) is 40.0 Å². The fraction of sp³-hybridized carbons (Fsp3) is 0.429. The molecule has 3 unspecified atom stereocenters. The molecule has 3 rings (SSSR count). The van der Waals surface area contributed by atoms with Crippen molar-refractivity contribution < 1.29 is 31.8 Å². The lowest BCUT2D eigenvalue weighted by Crippen LogP contribution is -2.33. The van der Waals surface area contributed by atoms with Crippen molar-refractivity contribution in [2.45, 2.75) is 38.1 Å². The molecule has 0 bridgehead atoms. The molecule has 2 heterocycles. The van der Waals surface area contributed by atoms with Gasteiger partial charge in [0.1, 0.15) is 24.5 Å². The van der Waals surface area contributed by atoms with Gasteiger partial charge >= 0.3 is 6.18 Å². The van der Waals surface area contributed by atoms with E-state index in [1.54, 1.807) is 6.92 Å². The van der Waals surface area contributed by atoms with Crippen molar-refractivity contribution in [3.8, 4) is 16.9 Å². The van der Waals surface area contributed by atoms with Crippen LogP contribution in [0.1, 0.15) is 24.9 Å². The highest BCUT2D eigenvalue weighted by Crippen LogP contribution is 2.41. The highest BCUT2D eigenvalue weighted by Gasteiger charge is 2.42. The standard InChI is InChI=1S/C21H20ClF4NO4/c1-11(30-2)5-14(9-28)27-8-17-15(7-18(27)29)19-12(3-4-16(22)20(19)23)6-13(10-31-17)21(24,25)26/h3-4,7-9,11,13-14H,5-6,10H2,1-2H3. The molecule has 2 aromatic rings. The Kier molecular flexibility index (Phi) is 6.76. The van der Waals surface area contributed by atoms with Gasteiger partial charge in [0.05, 0.1) is 29.3 Å². The second kappa shape index (κ2) is 9.00. The van der Waals surface area contributed by atoms with Crippen molar-refractivity contribution in [3.63, 3.8) is 0 Å². The van der Waals surface area contributed by atoms with E-state index in [0.717, 1.165) is 16.8 Å². The number of fused-ring (bicyclic) bond motifs is 3. The van der Waals surface area contributed by atoms with Gasteiger partial charge in [0.2, 0.25) is 0 Å². The summed E-state index contributed by atoms with van der Waals surface area (Å²) in [7, 11) is 1.44. The summed E-state index contributed by atoms with van der Waals surface area (Å²) in [6.45, 7) is 0.978. The third-order valence-corrected chi connectivity index (χ3v) is 5.65. The number of hydrogen-bond donors (Lipinski definition) is 0. The molecule has 0 fully saturated rings. The van der Waals surface area contributed by atoms with Crippen LogP contribution in [0.3, 0.4) is 0 Å². The molecule has 5 nitrogen and oxygen atoms in total. The maximum absolute atomic E-state index is 14.9.